The fourth-order valence-electron chi connectivity index (χ4n) is 1.69. The molecular formula is C13H12ClF3N4OS. The van der Waals surface area contributed by atoms with Crippen molar-refractivity contribution in [3.05, 3.63) is 35.1 Å². The number of hydrogen-bond acceptors (Lipinski definition) is 4. The molecule has 0 atom stereocenters. The molecule has 0 saturated heterocycles. The van der Waals surface area contributed by atoms with Crippen LogP contribution in [0.3, 0.4) is 0 Å². The first-order valence-corrected chi connectivity index (χ1v) is 7.84. The summed E-state index contributed by atoms with van der Waals surface area (Å²) < 4.78 is 39.8. The van der Waals surface area contributed by atoms with Crippen LogP contribution in [-0.4, -0.2) is 26.4 Å². The Balaban J connectivity index is 2.03. The van der Waals surface area contributed by atoms with E-state index in [2.05, 4.69) is 15.5 Å². The van der Waals surface area contributed by atoms with E-state index in [1.807, 2.05) is 6.92 Å². The van der Waals surface area contributed by atoms with Gasteiger partial charge in [0.15, 0.2) is 5.16 Å². The Morgan fingerprint density at radius 3 is 2.83 bits per heavy atom. The molecule has 124 valence electrons. The van der Waals surface area contributed by atoms with Gasteiger partial charge in [0.05, 0.1) is 22.0 Å². The smallest absolute Gasteiger partial charge is 0.324 e. The van der Waals surface area contributed by atoms with Gasteiger partial charge >= 0.3 is 6.18 Å². The van der Waals surface area contributed by atoms with E-state index in [4.69, 9.17) is 11.6 Å². The van der Waals surface area contributed by atoms with Crippen molar-refractivity contribution in [3.8, 4) is 0 Å². The highest BCUT2D eigenvalue weighted by atomic mass is 35.5. The van der Waals surface area contributed by atoms with Gasteiger partial charge in [-0.05, 0) is 25.1 Å². The van der Waals surface area contributed by atoms with Crippen LogP contribution in [0.5, 0.6) is 0 Å². The maximum atomic E-state index is 12.7. The first-order valence-electron chi connectivity index (χ1n) is 6.48. The quantitative estimate of drug-likeness (QED) is 0.822. The fraction of sp³-hybridized carbons (Fsp3) is 0.308. The van der Waals surface area contributed by atoms with Crippen molar-refractivity contribution in [1.29, 1.82) is 0 Å². The highest BCUT2D eigenvalue weighted by Gasteiger charge is 2.31. The number of anilines is 1. The number of rotatable bonds is 5. The minimum absolute atomic E-state index is 0.0226. The Kier molecular flexibility index (Phi) is 5.53. The second-order valence-electron chi connectivity index (χ2n) is 4.43. The molecule has 1 aromatic carbocycles. The first kappa shape index (κ1) is 17.6. The van der Waals surface area contributed by atoms with Gasteiger partial charge in [-0.15, -0.1) is 10.2 Å². The molecule has 0 spiro atoms. The van der Waals surface area contributed by atoms with E-state index in [0.29, 0.717) is 11.7 Å². The SMILES string of the molecule is CCn1cnnc1SCC(=O)Nc1cc(C(F)(F)F)ccc1Cl. The molecule has 0 aliphatic carbocycles. The summed E-state index contributed by atoms with van der Waals surface area (Å²) in [5, 5.41) is 10.5. The first-order chi connectivity index (χ1) is 10.8. The molecule has 1 heterocycles. The van der Waals surface area contributed by atoms with E-state index in [-0.39, 0.29) is 16.5 Å². The van der Waals surface area contributed by atoms with Crippen molar-refractivity contribution in [2.45, 2.75) is 24.8 Å². The van der Waals surface area contributed by atoms with Crippen LogP contribution < -0.4 is 5.32 Å². The zero-order chi connectivity index (χ0) is 17.0. The predicted octanol–water partition coefficient (Wildman–Crippen LogP) is 3.70. The Morgan fingerprint density at radius 1 is 1.43 bits per heavy atom. The number of thioether (sulfide) groups is 1. The van der Waals surface area contributed by atoms with Gasteiger partial charge < -0.3 is 9.88 Å². The average Bonchev–Trinajstić information content (AvgIpc) is 2.93. The Bertz CT molecular complexity index is 705. The average molecular weight is 365 g/mol. The highest BCUT2D eigenvalue weighted by Crippen LogP contribution is 2.33. The third-order valence-corrected chi connectivity index (χ3v) is 4.13. The number of benzene rings is 1. The number of aromatic nitrogens is 3. The largest absolute Gasteiger partial charge is 0.416 e. The van der Waals surface area contributed by atoms with Gasteiger partial charge in [0.2, 0.25) is 5.91 Å². The van der Waals surface area contributed by atoms with Crippen molar-refractivity contribution in [2.24, 2.45) is 0 Å². The number of alkyl halides is 3. The second kappa shape index (κ2) is 7.22. The Labute approximate surface area is 139 Å². The maximum Gasteiger partial charge on any atom is 0.416 e. The molecule has 1 amide bonds. The number of carbonyl (C=O) groups excluding carboxylic acids is 1. The number of amides is 1. The molecule has 0 unspecified atom stereocenters. The van der Waals surface area contributed by atoms with Gasteiger partial charge in [0, 0.05) is 6.54 Å². The minimum Gasteiger partial charge on any atom is -0.324 e. The van der Waals surface area contributed by atoms with Crippen molar-refractivity contribution in [1.82, 2.24) is 14.8 Å². The van der Waals surface area contributed by atoms with E-state index >= 15 is 0 Å². The standard InChI is InChI=1S/C13H12ClF3N4OS/c1-2-21-7-18-20-12(21)23-6-11(22)19-10-5-8(13(15,16)17)3-4-9(10)14/h3-5,7H,2,6H2,1H3,(H,19,22). The van der Waals surface area contributed by atoms with Crippen molar-refractivity contribution >= 4 is 35.0 Å². The third-order valence-electron chi connectivity index (χ3n) is 2.82. The summed E-state index contributed by atoms with van der Waals surface area (Å²) in [6.45, 7) is 2.55. The van der Waals surface area contributed by atoms with Crippen LogP contribution in [0, 0.1) is 0 Å². The lowest BCUT2D eigenvalue weighted by atomic mass is 10.2. The summed E-state index contributed by atoms with van der Waals surface area (Å²) in [4.78, 5) is 11.9. The Morgan fingerprint density at radius 2 is 2.17 bits per heavy atom. The molecule has 0 fully saturated rings. The van der Waals surface area contributed by atoms with Crippen LogP contribution in [0.25, 0.3) is 0 Å². The topological polar surface area (TPSA) is 59.8 Å². The third kappa shape index (κ3) is 4.61. The molecule has 0 radical (unpaired) electrons. The number of aryl methyl sites for hydroxylation is 1. The van der Waals surface area contributed by atoms with Crippen LogP contribution in [0.1, 0.15) is 12.5 Å². The highest BCUT2D eigenvalue weighted by molar-refractivity contribution is 7.99. The van der Waals surface area contributed by atoms with Crippen LogP contribution in [-0.2, 0) is 17.5 Å². The van der Waals surface area contributed by atoms with Crippen LogP contribution in [0.2, 0.25) is 5.02 Å². The van der Waals surface area contributed by atoms with Gasteiger partial charge in [-0.2, -0.15) is 13.2 Å². The van der Waals surface area contributed by atoms with E-state index in [0.717, 1.165) is 30.0 Å². The predicted molar refractivity (Wildman–Crippen MR) is 81.5 cm³/mol. The number of halogens is 4. The molecule has 0 aliphatic rings. The number of carbonyl (C=O) groups is 1. The van der Waals surface area contributed by atoms with Gasteiger partial charge in [-0.3, -0.25) is 4.79 Å². The molecule has 5 nitrogen and oxygen atoms in total. The van der Waals surface area contributed by atoms with Crippen molar-refractivity contribution in [2.75, 3.05) is 11.1 Å². The molecule has 2 aromatic rings. The lowest BCUT2D eigenvalue weighted by Gasteiger charge is -2.11. The van der Waals surface area contributed by atoms with Gasteiger partial charge in [0.25, 0.3) is 0 Å². The summed E-state index contributed by atoms with van der Waals surface area (Å²) in [7, 11) is 0. The van der Waals surface area contributed by atoms with Gasteiger partial charge in [-0.25, -0.2) is 0 Å². The monoisotopic (exact) mass is 364 g/mol. The molecule has 0 saturated carbocycles. The summed E-state index contributed by atoms with van der Waals surface area (Å²) in [5.41, 5.74) is -0.959. The van der Waals surface area contributed by atoms with Gasteiger partial charge in [-0.1, -0.05) is 23.4 Å². The normalized spacial score (nSPS) is 11.5. The summed E-state index contributed by atoms with van der Waals surface area (Å²) in [5.74, 6) is -0.507. The molecule has 1 N–H and O–H groups in total. The number of nitrogens with zero attached hydrogens (tertiary/aromatic N) is 3. The maximum absolute atomic E-state index is 12.7. The van der Waals surface area contributed by atoms with Crippen LogP contribution in [0.4, 0.5) is 18.9 Å². The number of hydrogen-bond donors (Lipinski definition) is 1. The van der Waals surface area contributed by atoms with E-state index in [1.165, 1.54) is 6.33 Å². The molecular weight excluding hydrogens is 353 g/mol. The molecule has 23 heavy (non-hydrogen) atoms. The van der Waals surface area contributed by atoms with E-state index < -0.39 is 17.6 Å². The summed E-state index contributed by atoms with van der Waals surface area (Å²) in [6, 6.07) is 2.76. The molecule has 0 aliphatic heterocycles. The van der Waals surface area contributed by atoms with E-state index in [1.54, 1.807) is 4.57 Å². The van der Waals surface area contributed by atoms with Crippen LogP contribution in [0.15, 0.2) is 29.7 Å². The lowest BCUT2D eigenvalue weighted by molar-refractivity contribution is -0.137. The number of nitrogens with one attached hydrogen (secondary N) is 1. The zero-order valence-corrected chi connectivity index (χ0v) is 13.5. The Hall–Kier alpha value is -1.74. The summed E-state index contributed by atoms with van der Waals surface area (Å²) in [6.07, 6.45) is -2.97. The molecule has 0 bridgehead atoms. The van der Waals surface area contributed by atoms with E-state index in [9.17, 15) is 18.0 Å². The van der Waals surface area contributed by atoms with Crippen molar-refractivity contribution in [3.63, 3.8) is 0 Å². The zero-order valence-electron chi connectivity index (χ0n) is 11.9. The molecule has 2 rings (SSSR count). The second-order valence-corrected chi connectivity index (χ2v) is 5.78. The minimum atomic E-state index is -4.50. The summed E-state index contributed by atoms with van der Waals surface area (Å²) >= 11 is 6.96. The lowest BCUT2D eigenvalue weighted by Crippen LogP contribution is -2.16. The van der Waals surface area contributed by atoms with Crippen molar-refractivity contribution < 1.29 is 18.0 Å². The van der Waals surface area contributed by atoms with Gasteiger partial charge in [0.1, 0.15) is 6.33 Å². The molecule has 10 heteroatoms. The van der Waals surface area contributed by atoms with Crippen LogP contribution >= 0.6 is 23.4 Å². The molecule has 1 aromatic heterocycles. The fourth-order valence-corrected chi connectivity index (χ4v) is 2.63.